The summed E-state index contributed by atoms with van der Waals surface area (Å²) < 4.78 is 0. The Balaban J connectivity index is 2.60. The highest BCUT2D eigenvalue weighted by Gasteiger charge is 2.17. The van der Waals surface area contributed by atoms with Crippen molar-refractivity contribution >= 4 is 17.6 Å². The van der Waals surface area contributed by atoms with E-state index in [1.165, 1.54) is 0 Å². The van der Waals surface area contributed by atoms with Crippen molar-refractivity contribution in [2.24, 2.45) is 11.1 Å². The van der Waals surface area contributed by atoms with Crippen molar-refractivity contribution in [3.05, 3.63) is 29.8 Å². The molecule has 0 atom stereocenters. The molecule has 0 aromatic heterocycles. The van der Waals surface area contributed by atoms with Crippen molar-refractivity contribution in [2.45, 2.75) is 13.8 Å². The van der Waals surface area contributed by atoms with Crippen LogP contribution in [0.5, 0.6) is 0 Å². The molecule has 6 heteroatoms. The number of aliphatic hydroxyl groups excluding tert-OH is 1. The van der Waals surface area contributed by atoms with Crippen LogP contribution in [-0.4, -0.2) is 30.2 Å². The normalized spacial score (nSPS) is 10.9. The Kier molecular flexibility index (Phi) is 4.88. The van der Waals surface area contributed by atoms with Gasteiger partial charge in [-0.25, -0.2) is 4.79 Å². The van der Waals surface area contributed by atoms with Crippen LogP contribution in [0.2, 0.25) is 0 Å². The number of primary amides is 1. The molecule has 0 aliphatic rings. The van der Waals surface area contributed by atoms with Crippen molar-refractivity contribution in [3.63, 3.8) is 0 Å². The molecule has 0 radical (unpaired) electrons. The highest BCUT2D eigenvalue weighted by Crippen LogP contribution is 2.13. The van der Waals surface area contributed by atoms with Crippen molar-refractivity contribution in [2.75, 3.05) is 18.5 Å². The minimum absolute atomic E-state index is 0.00521. The molecule has 0 spiro atoms. The molecule has 19 heavy (non-hydrogen) atoms. The summed E-state index contributed by atoms with van der Waals surface area (Å²) in [7, 11) is 0. The lowest BCUT2D eigenvalue weighted by Gasteiger charge is -2.21. The molecule has 1 aromatic rings. The number of nitrogens with one attached hydrogen (secondary N) is 2. The van der Waals surface area contributed by atoms with Gasteiger partial charge in [-0.3, -0.25) is 4.79 Å². The molecule has 6 nitrogen and oxygen atoms in total. The van der Waals surface area contributed by atoms with Gasteiger partial charge in [0.2, 0.25) is 0 Å². The summed E-state index contributed by atoms with van der Waals surface area (Å²) in [4.78, 5) is 22.5. The smallest absolute Gasteiger partial charge is 0.316 e. The number of urea groups is 1. The predicted octanol–water partition coefficient (Wildman–Crippen LogP) is 0.925. The largest absolute Gasteiger partial charge is 0.396 e. The van der Waals surface area contributed by atoms with Crippen LogP contribution in [0.1, 0.15) is 24.2 Å². The third kappa shape index (κ3) is 4.97. The lowest BCUT2D eigenvalue weighted by Crippen LogP contribution is -2.36. The van der Waals surface area contributed by atoms with Gasteiger partial charge in [-0.2, -0.15) is 0 Å². The zero-order valence-corrected chi connectivity index (χ0v) is 11.1. The quantitative estimate of drug-likeness (QED) is 0.636. The number of nitrogens with two attached hydrogens (primary N) is 1. The fraction of sp³-hybridized carbons (Fsp3) is 0.385. The molecular formula is C13H19N3O3. The van der Waals surface area contributed by atoms with Crippen LogP contribution in [-0.2, 0) is 0 Å². The number of carbonyl (C=O) groups is 2. The van der Waals surface area contributed by atoms with Crippen LogP contribution in [0.3, 0.4) is 0 Å². The topological polar surface area (TPSA) is 104 Å². The van der Waals surface area contributed by atoms with E-state index in [1.54, 1.807) is 24.3 Å². The Morgan fingerprint density at radius 3 is 2.32 bits per heavy atom. The molecule has 1 aromatic carbocycles. The van der Waals surface area contributed by atoms with Crippen LogP contribution in [0.25, 0.3) is 0 Å². The maximum Gasteiger partial charge on any atom is 0.316 e. The number of anilines is 1. The third-order valence-electron chi connectivity index (χ3n) is 2.57. The van der Waals surface area contributed by atoms with E-state index in [0.29, 0.717) is 17.8 Å². The molecule has 0 bridgehead atoms. The minimum Gasteiger partial charge on any atom is -0.396 e. The second-order valence-electron chi connectivity index (χ2n) is 5.07. The lowest BCUT2D eigenvalue weighted by atomic mass is 9.95. The molecule has 0 aliphatic heterocycles. The molecule has 0 aliphatic carbocycles. The summed E-state index contributed by atoms with van der Waals surface area (Å²) >= 11 is 0. The second-order valence-corrected chi connectivity index (χ2v) is 5.07. The van der Waals surface area contributed by atoms with Crippen molar-refractivity contribution in [1.29, 1.82) is 0 Å². The number of aliphatic hydroxyl groups is 1. The molecule has 0 unspecified atom stereocenters. The zero-order chi connectivity index (χ0) is 14.5. The molecule has 0 heterocycles. The van der Waals surface area contributed by atoms with Crippen LogP contribution < -0.4 is 16.4 Å². The maximum absolute atomic E-state index is 11.8. The van der Waals surface area contributed by atoms with Crippen LogP contribution in [0.4, 0.5) is 10.5 Å². The van der Waals surface area contributed by atoms with Gasteiger partial charge in [-0.15, -0.1) is 0 Å². The van der Waals surface area contributed by atoms with Gasteiger partial charge in [-0.05, 0) is 24.3 Å². The highest BCUT2D eigenvalue weighted by atomic mass is 16.3. The maximum atomic E-state index is 11.8. The van der Waals surface area contributed by atoms with Gasteiger partial charge in [0.1, 0.15) is 0 Å². The van der Waals surface area contributed by atoms with Crippen LogP contribution >= 0.6 is 0 Å². The van der Waals surface area contributed by atoms with Crippen molar-refractivity contribution < 1.29 is 14.7 Å². The molecule has 1 rings (SSSR count). The van der Waals surface area contributed by atoms with E-state index >= 15 is 0 Å². The van der Waals surface area contributed by atoms with Crippen molar-refractivity contribution in [3.8, 4) is 0 Å². The number of rotatable bonds is 5. The molecular weight excluding hydrogens is 246 g/mol. The van der Waals surface area contributed by atoms with Gasteiger partial charge in [0.05, 0.1) is 0 Å². The average molecular weight is 265 g/mol. The summed E-state index contributed by atoms with van der Waals surface area (Å²) in [6, 6.07) is 5.72. The SMILES string of the molecule is CC(C)(CO)CNC(=O)c1ccc(NC(N)=O)cc1. The van der Waals surface area contributed by atoms with Gasteiger partial charge in [0, 0.05) is 29.8 Å². The first-order valence-electron chi connectivity index (χ1n) is 5.90. The Hall–Kier alpha value is -2.08. The predicted molar refractivity (Wildman–Crippen MR) is 72.8 cm³/mol. The van der Waals surface area contributed by atoms with E-state index < -0.39 is 6.03 Å². The van der Waals surface area contributed by atoms with E-state index in [-0.39, 0.29) is 17.9 Å². The van der Waals surface area contributed by atoms with Gasteiger partial charge >= 0.3 is 6.03 Å². The number of carbonyl (C=O) groups excluding carboxylic acids is 2. The first-order valence-corrected chi connectivity index (χ1v) is 5.90. The number of hydrogen-bond acceptors (Lipinski definition) is 3. The monoisotopic (exact) mass is 265 g/mol. The summed E-state index contributed by atoms with van der Waals surface area (Å²) in [5.41, 5.74) is 5.63. The van der Waals surface area contributed by atoms with Gasteiger partial charge in [-0.1, -0.05) is 13.8 Å². The Morgan fingerprint density at radius 2 is 1.84 bits per heavy atom. The Labute approximate surface area is 112 Å². The van der Waals surface area contributed by atoms with Crippen LogP contribution in [0, 0.1) is 5.41 Å². The minimum atomic E-state index is -0.651. The van der Waals surface area contributed by atoms with Gasteiger partial charge in [0.15, 0.2) is 0 Å². The number of hydrogen-bond donors (Lipinski definition) is 4. The standard InChI is InChI=1S/C13H19N3O3/c1-13(2,8-17)7-15-11(18)9-3-5-10(6-4-9)16-12(14)19/h3-6,17H,7-8H2,1-2H3,(H,15,18)(H3,14,16,19). The number of amides is 3. The highest BCUT2D eigenvalue weighted by molar-refractivity contribution is 5.95. The first-order chi connectivity index (χ1) is 8.84. The summed E-state index contributed by atoms with van der Waals surface area (Å²) in [6.07, 6.45) is 0. The molecule has 0 saturated heterocycles. The third-order valence-corrected chi connectivity index (χ3v) is 2.57. The van der Waals surface area contributed by atoms with E-state index in [1.807, 2.05) is 13.8 Å². The Bertz CT molecular complexity index is 455. The van der Waals surface area contributed by atoms with Crippen molar-refractivity contribution in [1.82, 2.24) is 5.32 Å². The van der Waals surface area contributed by atoms with E-state index in [4.69, 9.17) is 10.8 Å². The van der Waals surface area contributed by atoms with E-state index in [0.717, 1.165) is 0 Å². The molecule has 3 amide bonds. The summed E-state index contributed by atoms with van der Waals surface area (Å²) in [5, 5.41) is 14.2. The zero-order valence-electron chi connectivity index (χ0n) is 11.1. The molecule has 5 N–H and O–H groups in total. The number of benzene rings is 1. The van der Waals surface area contributed by atoms with E-state index in [9.17, 15) is 9.59 Å². The molecule has 0 fully saturated rings. The fourth-order valence-corrected chi connectivity index (χ4v) is 1.32. The van der Waals surface area contributed by atoms with Gasteiger partial charge in [0.25, 0.3) is 5.91 Å². The molecule has 0 saturated carbocycles. The second kappa shape index (κ2) is 6.19. The summed E-state index contributed by atoms with van der Waals surface area (Å²) in [5.74, 6) is -0.229. The van der Waals surface area contributed by atoms with Gasteiger partial charge < -0.3 is 21.5 Å². The first kappa shape index (κ1) is 15.0. The molecule has 104 valence electrons. The summed E-state index contributed by atoms with van der Waals surface area (Å²) in [6.45, 7) is 4.08. The average Bonchev–Trinajstić information content (AvgIpc) is 2.36. The van der Waals surface area contributed by atoms with Crippen LogP contribution in [0.15, 0.2) is 24.3 Å². The lowest BCUT2D eigenvalue weighted by molar-refractivity contribution is 0.0911. The Morgan fingerprint density at radius 1 is 1.26 bits per heavy atom. The van der Waals surface area contributed by atoms with E-state index in [2.05, 4.69) is 10.6 Å². The fourth-order valence-electron chi connectivity index (χ4n) is 1.32.